The maximum absolute atomic E-state index is 11.7. The van der Waals surface area contributed by atoms with Crippen molar-refractivity contribution in [3.63, 3.8) is 0 Å². The first-order chi connectivity index (χ1) is 8.63. The number of carbonyl (C=O) groups excluding carboxylic acids is 2. The summed E-state index contributed by atoms with van der Waals surface area (Å²) < 4.78 is 0. The summed E-state index contributed by atoms with van der Waals surface area (Å²) >= 11 is 1.23. The Balaban J connectivity index is 0. The van der Waals surface area contributed by atoms with Crippen molar-refractivity contribution >= 4 is 53.1 Å². The zero-order valence-electron chi connectivity index (χ0n) is 11.4. The number of hydrogen-bond donors (Lipinski definition) is 3. The van der Waals surface area contributed by atoms with Gasteiger partial charge in [0.15, 0.2) is 5.13 Å². The minimum Gasteiger partial charge on any atom is -0.349 e. The van der Waals surface area contributed by atoms with Crippen molar-refractivity contribution in [2.24, 2.45) is 0 Å². The lowest BCUT2D eigenvalue weighted by Gasteiger charge is -2.04. The fourth-order valence-corrected chi connectivity index (χ4v) is 1.98. The SMILES string of the molecule is CCCNCCNC(=O)c1csc(NC(C)=O)n1.Cl.Cl. The van der Waals surface area contributed by atoms with E-state index in [0.717, 1.165) is 19.5 Å². The van der Waals surface area contributed by atoms with Crippen molar-refractivity contribution in [1.29, 1.82) is 0 Å². The summed E-state index contributed by atoms with van der Waals surface area (Å²) in [7, 11) is 0. The van der Waals surface area contributed by atoms with E-state index in [1.807, 2.05) is 0 Å². The van der Waals surface area contributed by atoms with Crippen LogP contribution in [0.25, 0.3) is 0 Å². The van der Waals surface area contributed by atoms with Crippen LogP contribution >= 0.6 is 36.2 Å². The van der Waals surface area contributed by atoms with Gasteiger partial charge in [-0.05, 0) is 13.0 Å². The third kappa shape index (κ3) is 8.31. The average Bonchev–Trinajstić information content (AvgIpc) is 2.76. The molecule has 1 rings (SSSR count). The van der Waals surface area contributed by atoms with E-state index in [-0.39, 0.29) is 36.6 Å². The lowest BCUT2D eigenvalue weighted by atomic mass is 10.4. The molecule has 6 nitrogen and oxygen atoms in total. The zero-order valence-corrected chi connectivity index (χ0v) is 13.8. The van der Waals surface area contributed by atoms with Gasteiger partial charge in [-0.1, -0.05) is 6.92 Å². The molecule has 0 atom stereocenters. The van der Waals surface area contributed by atoms with Gasteiger partial charge in [0.05, 0.1) is 0 Å². The Morgan fingerprint density at radius 3 is 2.55 bits per heavy atom. The number of thiazole rings is 1. The van der Waals surface area contributed by atoms with Crippen LogP contribution in [-0.2, 0) is 4.79 Å². The molecule has 1 heterocycles. The average molecular weight is 343 g/mol. The quantitative estimate of drug-likeness (QED) is 0.658. The second-order valence-corrected chi connectivity index (χ2v) is 4.58. The highest BCUT2D eigenvalue weighted by Crippen LogP contribution is 2.14. The van der Waals surface area contributed by atoms with E-state index in [2.05, 4.69) is 27.9 Å². The minimum absolute atomic E-state index is 0. The van der Waals surface area contributed by atoms with Gasteiger partial charge in [-0.2, -0.15) is 0 Å². The first-order valence-electron chi connectivity index (χ1n) is 5.85. The third-order valence-electron chi connectivity index (χ3n) is 2.03. The maximum atomic E-state index is 11.7. The molecule has 1 aromatic heterocycles. The normalized spacial score (nSPS) is 9.10. The third-order valence-corrected chi connectivity index (χ3v) is 2.79. The Hall–Kier alpha value is -0.890. The Kier molecular flexibility index (Phi) is 12.7. The number of halogens is 2. The van der Waals surface area contributed by atoms with Gasteiger partial charge < -0.3 is 16.0 Å². The summed E-state index contributed by atoms with van der Waals surface area (Å²) in [6.45, 7) is 5.73. The molecule has 0 unspecified atom stereocenters. The van der Waals surface area contributed by atoms with Crippen molar-refractivity contribution in [1.82, 2.24) is 15.6 Å². The smallest absolute Gasteiger partial charge is 0.270 e. The molecule has 2 amide bonds. The summed E-state index contributed by atoms with van der Waals surface area (Å²) in [6.07, 6.45) is 1.07. The van der Waals surface area contributed by atoms with Crippen LogP contribution in [0.1, 0.15) is 30.8 Å². The van der Waals surface area contributed by atoms with Crippen LogP contribution in [0.15, 0.2) is 5.38 Å². The molecule has 0 radical (unpaired) electrons. The molecule has 0 fully saturated rings. The fourth-order valence-electron chi connectivity index (χ4n) is 1.24. The van der Waals surface area contributed by atoms with E-state index in [0.29, 0.717) is 17.4 Å². The molecule has 0 bridgehead atoms. The van der Waals surface area contributed by atoms with Gasteiger partial charge in [-0.3, -0.25) is 9.59 Å². The van der Waals surface area contributed by atoms with Crippen molar-refractivity contribution in [2.45, 2.75) is 20.3 Å². The Morgan fingerprint density at radius 1 is 1.25 bits per heavy atom. The molecule has 3 N–H and O–H groups in total. The molecule has 116 valence electrons. The standard InChI is InChI=1S/C11H18N4O2S.2ClH/c1-3-4-12-5-6-13-10(17)9-7-18-11(15-9)14-8(2)16;;/h7,12H,3-6H2,1-2H3,(H,13,17)(H,14,15,16);2*1H. The van der Waals surface area contributed by atoms with Crippen LogP contribution in [0.5, 0.6) is 0 Å². The predicted octanol–water partition coefficient (Wildman–Crippen LogP) is 1.67. The number of amides is 2. The van der Waals surface area contributed by atoms with Gasteiger partial charge in [0.2, 0.25) is 5.91 Å². The number of nitrogens with one attached hydrogen (secondary N) is 3. The first kappa shape index (κ1) is 21.4. The summed E-state index contributed by atoms with van der Waals surface area (Å²) in [6, 6.07) is 0. The van der Waals surface area contributed by atoms with Crippen LogP contribution in [0.3, 0.4) is 0 Å². The minimum atomic E-state index is -0.221. The van der Waals surface area contributed by atoms with Gasteiger partial charge in [0, 0.05) is 25.4 Å². The predicted molar refractivity (Wildman–Crippen MR) is 86.4 cm³/mol. The summed E-state index contributed by atoms with van der Waals surface area (Å²) in [5.41, 5.74) is 0.333. The molecule has 0 spiro atoms. The van der Waals surface area contributed by atoms with Gasteiger partial charge in [0.25, 0.3) is 5.91 Å². The number of nitrogens with zero attached hydrogens (tertiary/aromatic N) is 1. The summed E-state index contributed by atoms with van der Waals surface area (Å²) in [5.74, 6) is -0.416. The van der Waals surface area contributed by atoms with Gasteiger partial charge >= 0.3 is 0 Å². The highest BCUT2D eigenvalue weighted by molar-refractivity contribution is 7.14. The topological polar surface area (TPSA) is 83.1 Å². The molecule has 0 saturated carbocycles. The Morgan fingerprint density at radius 2 is 1.95 bits per heavy atom. The van der Waals surface area contributed by atoms with Crippen molar-refractivity contribution < 1.29 is 9.59 Å². The van der Waals surface area contributed by atoms with Gasteiger partial charge in [-0.25, -0.2) is 4.98 Å². The van der Waals surface area contributed by atoms with Gasteiger partial charge in [-0.15, -0.1) is 36.2 Å². The largest absolute Gasteiger partial charge is 0.349 e. The lowest BCUT2D eigenvalue weighted by molar-refractivity contribution is -0.114. The second kappa shape index (κ2) is 11.9. The molecular formula is C11H20Cl2N4O2S. The molecule has 20 heavy (non-hydrogen) atoms. The second-order valence-electron chi connectivity index (χ2n) is 3.72. The fraction of sp³-hybridized carbons (Fsp3) is 0.545. The van der Waals surface area contributed by atoms with Crippen LogP contribution in [0.2, 0.25) is 0 Å². The highest BCUT2D eigenvalue weighted by Gasteiger charge is 2.10. The maximum Gasteiger partial charge on any atom is 0.270 e. The van der Waals surface area contributed by atoms with Crippen LogP contribution < -0.4 is 16.0 Å². The van der Waals surface area contributed by atoms with E-state index >= 15 is 0 Å². The summed E-state index contributed by atoms with van der Waals surface area (Å²) in [5, 5.41) is 10.5. The van der Waals surface area contributed by atoms with Crippen LogP contribution in [0, 0.1) is 0 Å². The van der Waals surface area contributed by atoms with Crippen molar-refractivity contribution in [3.05, 3.63) is 11.1 Å². The monoisotopic (exact) mass is 342 g/mol. The van der Waals surface area contributed by atoms with E-state index in [1.54, 1.807) is 5.38 Å². The molecule has 0 aliphatic carbocycles. The van der Waals surface area contributed by atoms with Crippen molar-refractivity contribution in [3.8, 4) is 0 Å². The number of carbonyl (C=O) groups is 2. The van der Waals surface area contributed by atoms with Gasteiger partial charge in [0.1, 0.15) is 5.69 Å². The Bertz CT molecular complexity index is 415. The van der Waals surface area contributed by atoms with Crippen molar-refractivity contribution in [2.75, 3.05) is 25.0 Å². The number of hydrogen-bond acceptors (Lipinski definition) is 5. The number of rotatable bonds is 7. The van der Waals surface area contributed by atoms with Crippen LogP contribution in [-0.4, -0.2) is 36.4 Å². The van der Waals surface area contributed by atoms with E-state index in [1.165, 1.54) is 18.3 Å². The van der Waals surface area contributed by atoms with E-state index in [4.69, 9.17) is 0 Å². The first-order valence-corrected chi connectivity index (χ1v) is 6.73. The van der Waals surface area contributed by atoms with E-state index in [9.17, 15) is 9.59 Å². The molecule has 1 aromatic rings. The molecule has 0 aliphatic heterocycles. The molecule has 0 aromatic carbocycles. The molecule has 9 heteroatoms. The number of anilines is 1. The number of aromatic nitrogens is 1. The lowest BCUT2D eigenvalue weighted by Crippen LogP contribution is -2.32. The molecule has 0 saturated heterocycles. The summed E-state index contributed by atoms with van der Waals surface area (Å²) in [4.78, 5) is 26.5. The Labute approximate surface area is 134 Å². The molecular weight excluding hydrogens is 323 g/mol. The van der Waals surface area contributed by atoms with Crippen LogP contribution in [0.4, 0.5) is 5.13 Å². The zero-order chi connectivity index (χ0) is 13.4. The highest BCUT2D eigenvalue weighted by atomic mass is 35.5. The van der Waals surface area contributed by atoms with E-state index < -0.39 is 0 Å². The molecule has 0 aliphatic rings.